The molecular formula is C19H22N2O5S. The lowest BCUT2D eigenvalue weighted by molar-refractivity contribution is -0.139. The molecule has 27 heavy (non-hydrogen) atoms. The second kappa shape index (κ2) is 8.22. The molecule has 7 nitrogen and oxygen atoms in total. The summed E-state index contributed by atoms with van der Waals surface area (Å²) in [7, 11) is -2.44. The number of sulfonamides is 1. The summed E-state index contributed by atoms with van der Waals surface area (Å²) in [6.07, 6.45) is 0.217. The number of carboxylic acids is 1. The van der Waals surface area contributed by atoms with Crippen molar-refractivity contribution in [2.24, 2.45) is 0 Å². The lowest BCUT2D eigenvalue weighted by atomic mass is 10.1. The van der Waals surface area contributed by atoms with Gasteiger partial charge in [-0.2, -0.15) is 0 Å². The number of benzene rings is 2. The number of aryl methyl sites for hydroxylation is 1. The van der Waals surface area contributed by atoms with Crippen molar-refractivity contribution in [2.45, 2.75) is 31.2 Å². The van der Waals surface area contributed by atoms with E-state index in [1.165, 1.54) is 31.3 Å². The van der Waals surface area contributed by atoms with Crippen molar-refractivity contribution in [3.63, 3.8) is 0 Å². The van der Waals surface area contributed by atoms with E-state index in [1.54, 1.807) is 19.1 Å². The zero-order chi connectivity index (χ0) is 20.2. The molecule has 0 heterocycles. The van der Waals surface area contributed by atoms with Gasteiger partial charge in [0.1, 0.15) is 6.04 Å². The highest BCUT2D eigenvalue weighted by Crippen LogP contribution is 2.23. The number of hydrogen-bond donors (Lipinski definition) is 2. The highest BCUT2D eigenvalue weighted by Gasteiger charge is 2.24. The fraction of sp³-hybridized carbons (Fsp3) is 0.263. The van der Waals surface area contributed by atoms with E-state index in [-0.39, 0.29) is 16.9 Å². The zero-order valence-electron chi connectivity index (χ0n) is 15.3. The Morgan fingerprint density at radius 1 is 1.15 bits per heavy atom. The van der Waals surface area contributed by atoms with Gasteiger partial charge in [0.15, 0.2) is 0 Å². The van der Waals surface area contributed by atoms with E-state index >= 15 is 0 Å². The summed E-state index contributed by atoms with van der Waals surface area (Å²) in [5, 5.41) is 11.4. The molecule has 0 aliphatic rings. The maximum atomic E-state index is 12.9. The molecule has 2 rings (SSSR count). The summed E-state index contributed by atoms with van der Waals surface area (Å²) in [5.41, 5.74) is 1.58. The molecule has 1 unspecified atom stereocenters. The summed E-state index contributed by atoms with van der Waals surface area (Å²) in [5.74, 6) is -1.78. The Balaban J connectivity index is 2.31. The molecule has 2 aromatic rings. The third-order valence-electron chi connectivity index (χ3n) is 4.16. The minimum absolute atomic E-state index is 0.0541. The van der Waals surface area contributed by atoms with Gasteiger partial charge >= 0.3 is 5.97 Å². The standard InChI is InChI=1S/C19H22N2O5S/c1-4-17(19(23)24)20-18(22)14-6-5-7-16(12-14)27(25,26)21(3)15-10-8-13(2)9-11-15/h5-12,17H,4H2,1-3H3,(H,20,22)(H,23,24). The fourth-order valence-electron chi connectivity index (χ4n) is 2.43. The molecule has 0 aliphatic carbocycles. The maximum absolute atomic E-state index is 12.9. The number of nitrogens with one attached hydrogen (secondary N) is 1. The van der Waals surface area contributed by atoms with Gasteiger partial charge in [-0.25, -0.2) is 13.2 Å². The van der Waals surface area contributed by atoms with E-state index in [4.69, 9.17) is 5.11 Å². The molecule has 0 spiro atoms. The van der Waals surface area contributed by atoms with Gasteiger partial charge in [0, 0.05) is 12.6 Å². The average Bonchev–Trinajstić information content (AvgIpc) is 2.65. The number of nitrogens with zero attached hydrogens (tertiary/aromatic N) is 1. The predicted molar refractivity (Wildman–Crippen MR) is 102 cm³/mol. The summed E-state index contributed by atoms with van der Waals surface area (Å²) in [4.78, 5) is 23.3. The van der Waals surface area contributed by atoms with E-state index in [1.807, 2.05) is 19.1 Å². The van der Waals surface area contributed by atoms with Crippen molar-refractivity contribution in [1.29, 1.82) is 0 Å². The summed E-state index contributed by atoms with van der Waals surface area (Å²) in [6.45, 7) is 3.54. The molecule has 0 saturated carbocycles. The Morgan fingerprint density at radius 2 is 1.78 bits per heavy atom. The molecule has 144 valence electrons. The number of aliphatic carboxylic acids is 1. The molecule has 2 aromatic carbocycles. The highest BCUT2D eigenvalue weighted by atomic mass is 32.2. The van der Waals surface area contributed by atoms with E-state index in [9.17, 15) is 18.0 Å². The number of anilines is 1. The van der Waals surface area contributed by atoms with Crippen LogP contribution in [0, 0.1) is 6.92 Å². The van der Waals surface area contributed by atoms with Crippen LogP contribution in [-0.4, -0.2) is 38.5 Å². The monoisotopic (exact) mass is 390 g/mol. The minimum Gasteiger partial charge on any atom is -0.480 e. The fourth-order valence-corrected chi connectivity index (χ4v) is 3.67. The van der Waals surface area contributed by atoms with Crippen LogP contribution < -0.4 is 9.62 Å². The van der Waals surface area contributed by atoms with Gasteiger partial charge in [-0.05, 0) is 43.7 Å². The molecule has 0 saturated heterocycles. The maximum Gasteiger partial charge on any atom is 0.326 e. The van der Waals surface area contributed by atoms with Crippen LogP contribution in [0.4, 0.5) is 5.69 Å². The molecule has 1 amide bonds. The molecule has 0 aliphatic heterocycles. The zero-order valence-corrected chi connectivity index (χ0v) is 16.2. The number of carbonyl (C=O) groups excluding carboxylic acids is 1. The van der Waals surface area contributed by atoms with Crippen molar-refractivity contribution in [2.75, 3.05) is 11.4 Å². The normalized spacial score (nSPS) is 12.3. The minimum atomic E-state index is -3.87. The number of hydrogen-bond acceptors (Lipinski definition) is 4. The van der Waals surface area contributed by atoms with Crippen LogP contribution in [0.25, 0.3) is 0 Å². The van der Waals surface area contributed by atoms with E-state index in [0.717, 1.165) is 9.87 Å². The Hall–Kier alpha value is -2.87. The van der Waals surface area contributed by atoms with E-state index in [2.05, 4.69) is 5.32 Å². The number of carboxylic acid groups (broad SMARTS) is 1. The largest absolute Gasteiger partial charge is 0.480 e. The van der Waals surface area contributed by atoms with E-state index < -0.39 is 27.9 Å². The van der Waals surface area contributed by atoms with Crippen LogP contribution in [0.1, 0.15) is 29.3 Å². The predicted octanol–water partition coefficient (Wildman–Crippen LogP) is 2.41. The Labute approximate surface area is 158 Å². The molecule has 0 aromatic heterocycles. The molecule has 0 bridgehead atoms. The highest BCUT2D eigenvalue weighted by molar-refractivity contribution is 7.92. The van der Waals surface area contributed by atoms with Gasteiger partial charge < -0.3 is 10.4 Å². The van der Waals surface area contributed by atoms with Crippen LogP contribution in [0.2, 0.25) is 0 Å². The average molecular weight is 390 g/mol. The lowest BCUT2D eigenvalue weighted by Gasteiger charge is -2.20. The topological polar surface area (TPSA) is 104 Å². The second-order valence-corrected chi connectivity index (χ2v) is 8.08. The Morgan fingerprint density at radius 3 is 2.33 bits per heavy atom. The molecule has 0 fully saturated rings. The van der Waals surface area contributed by atoms with Crippen molar-refractivity contribution < 1.29 is 23.1 Å². The number of rotatable bonds is 7. The van der Waals surface area contributed by atoms with E-state index in [0.29, 0.717) is 5.69 Å². The molecule has 0 radical (unpaired) electrons. The summed E-state index contributed by atoms with van der Waals surface area (Å²) < 4.78 is 26.9. The molecule has 2 N–H and O–H groups in total. The van der Waals surface area contributed by atoms with Gasteiger partial charge in [-0.15, -0.1) is 0 Å². The van der Waals surface area contributed by atoms with Crippen molar-refractivity contribution in [1.82, 2.24) is 5.32 Å². The first-order valence-electron chi connectivity index (χ1n) is 8.36. The second-order valence-electron chi connectivity index (χ2n) is 6.11. The third kappa shape index (κ3) is 4.65. The SMILES string of the molecule is CCC(NC(=O)c1cccc(S(=O)(=O)N(C)c2ccc(C)cc2)c1)C(=O)O. The van der Waals surface area contributed by atoms with Crippen LogP contribution in [0.15, 0.2) is 53.4 Å². The third-order valence-corrected chi connectivity index (χ3v) is 5.95. The molecule has 1 atom stereocenters. The Bertz CT molecular complexity index is 939. The van der Waals surface area contributed by atoms with Crippen LogP contribution in [-0.2, 0) is 14.8 Å². The van der Waals surface area contributed by atoms with Crippen LogP contribution >= 0.6 is 0 Å². The van der Waals surface area contributed by atoms with Crippen molar-refractivity contribution >= 4 is 27.6 Å². The number of carbonyl (C=O) groups is 2. The van der Waals surface area contributed by atoms with Crippen molar-refractivity contribution in [3.05, 3.63) is 59.7 Å². The van der Waals surface area contributed by atoms with Gasteiger partial charge in [0.05, 0.1) is 10.6 Å². The molecular weight excluding hydrogens is 368 g/mol. The first-order chi connectivity index (χ1) is 12.7. The lowest BCUT2D eigenvalue weighted by Crippen LogP contribution is -2.40. The smallest absolute Gasteiger partial charge is 0.326 e. The van der Waals surface area contributed by atoms with Gasteiger partial charge in [-0.1, -0.05) is 30.7 Å². The quantitative estimate of drug-likeness (QED) is 0.756. The van der Waals surface area contributed by atoms with Gasteiger partial charge in [-0.3, -0.25) is 9.10 Å². The summed E-state index contributed by atoms with van der Waals surface area (Å²) in [6, 6.07) is 11.5. The number of amides is 1. The summed E-state index contributed by atoms with van der Waals surface area (Å²) >= 11 is 0. The van der Waals surface area contributed by atoms with Crippen molar-refractivity contribution in [3.8, 4) is 0 Å². The Kier molecular flexibility index (Phi) is 6.22. The first kappa shape index (κ1) is 20.4. The molecule has 8 heteroatoms. The first-order valence-corrected chi connectivity index (χ1v) is 9.80. The van der Waals surface area contributed by atoms with Gasteiger partial charge in [0.25, 0.3) is 15.9 Å². The van der Waals surface area contributed by atoms with Crippen LogP contribution in [0.5, 0.6) is 0 Å². The van der Waals surface area contributed by atoms with Crippen LogP contribution in [0.3, 0.4) is 0 Å². The van der Waals surface area contributed by atoms with Gasteiger partial charge in [0.2, 0.25) is 0 Å².